The number of nitriles is 1. The quantitative estimate of drug-likeness (QED) is 0.440. The Kier molecular flexibility index (Phi) is 3.23. The van der Waals surface area contributed by atoms with Crippen LogP contribution < -0.4 is 5.32 Å². The van der Waals surface area contributed by atoms with Gasteiger partial charge in [-0.1, -0.05) is 0 Å². The van der Waals surface area contributed by atoms with Gasteiger partial charge in [0.1, 0.15) is 0 Å². The van der Waals surface area contributed by atoms with E-state index in [1.807, 2.05) is 23.7 Å². The molecule has 0 unspecified atom stereocenters. The predicted octanol–water partition coefficient (Wildman–Crippen LogP) is 1.67. The molecule has 1 aromatic rings. The number of hydrogen-bond acceptors (Lipinski definition) is 3. The molecule has 0 bridgehead atoms. The lowest BCUT2D eigenvalue weighted by Gasteiger charge is -1.88. The van der Waals surface area contributed by atoms with Crippen LogP contribution in [0.15, 0.2) is 17.5 Å². The molecule has 3 nitrogen and oxygen atoms in total. The Labute approximate surface area is 80.3 Å². The van der Waals surface area contributed by atoms with E-state index in [4.69, 9.17) is 5.26 Å². The van der Waals surface area contributed by atoms with Gasteiger partial charge in [0.25, 0.3) is 5.91 Å². The molecule has 1 heterocycles. The Bertz CT molecular complexity index is 373. The van der Waals surface area contributed by atoms with Gasteiger partial charge in [0, 0.05) is 11.0 Å². The first-order chi connectivity index (χ1) is 6.24. The second-order valence-electron chi connectivity index (χ2n) is 2.40. The second-order valence-corrected chi connectivity index (χ2v) is 3.35. The first kappa shape index (κ1) is 9.49. The summed E-state index contributed by atoms with van der Waals surface area (Å²) >= 11 is 1.56. The van der Waals surface area contributed by atoms with Crippen LogP contribution in [-0.2, 0) is 4.79 Å². The molecule has 0 spiro atoms. The van der Waals surface area contributed by atoms with Crippen LogP contribution in [0.3, 0.4) is 0 Å². The third-order valence-electron chi connectivity index (χ3n) is 1.47. The smallest absolute Gasteiger partial charge is 0.257 e. The van der Waals surface area contributed by atoms with Crippen molar-refractivity contribution in [1.82, 2.24) is 5.32 Å². The van der Waals surface area contributed by atoms with Gasteiger partial charge in [-0.3, -0.25) is 10.1 Å². The minimum absolute atomic E-state index is 0.393. The van der Waals surface area contributed by atoms with E-state index in [0.29, 0.717) is 0 Å². The van der Waals surface area contributed by atoms with Gasteiger partial charge < -0.3 is 0 Å². The highest BCUT2D eigenvalue weighted by molar-refractivity contribution is 7.11. The normalized spacial score (nSPS) is 9.85. The number of carbonyl (C=O) groups excluding carboxylic acids is 1. The highest BCUT2D eigenvalue weighted by Gasteiger charge is 1.96. The number of thiophene rings is 1. The highest BCUT2D eigenvalue weighted by atomic mass is 32.1. The first-order valence-corrected chi connectivity index (χ1v) is 4.53. The summed E-state index contributed by atoms with van der Waals surface area (Å²) in [5.41, 5.74) is 1.13. The molecular weight excluding hydrogens is 184 g/mol. The Morgan fingerprint density at radius 3 is 3.08 bits per heavy atom. The maximum absolute atomic E-state index is 10.8. The van der Waals surface area contributed by atoms with Crippen molar-refractivity contribution in [2.24, 2.45) is 0 Å². The molecule has 0 aliphatic rings. The van der Waals surface area contributed by atoms with E-state index in [1.165, 1.54) is 6.08 Å². The zero-order valence-electron chi connectivity index (χ0n) is 7.07. The van der Waals surface area contributed by atoms with Crippen molar-refractivity contribution in [2.45, 2.75) is 6.92 Å². The van der Waals surface area contributed by atoms with Crippen molar-refractivity contribution in [3.05, 3.63) is 28.0 Å². The summed E-state index contributed by atoms with van der Waals surface area (Å²) in [7, 11) is 0. The maximum atomic E-state index is 10.8. The molecule has 66 valence electrons. The van der Waals surface area contributed by atoms with Crippen LogP contribution >= 0.6 is 11.3 Å². The van der Waals surface area contributed by atoms with E-state index in [0.717, 1.165) is 10.4 Å². The predicted molar refractivity (Wildman–Crippen MR) is 51.8 cm³/mol. The standard InChI is InChI=1S/C9H8N2OS/c1-7-4-5-13-8(7)2-3-9(12)11-6-10/h2-5H,1H3,(H,11,12). The van der Waals surface area contributed by atoms with Crippen molar-refractivity contribution in [1.29, 1.82) is 5.26 Å². The summed E-state index contributed by atoms with van der Waals surface area (Å²) in [6.07, 6.45) is 4.62. The van der Waals surface area contributed by atoms with Crippen molar-refractivity contribution in [3.8, 4) is 6.19 Å². The summed E-state index contributed by atoms with van der Waals surface area (Å²) in [4.78, 5) is 11.9. The molecule has 0 radical (unpaired) electrons. The molecule has 0 saturated carbocycles. The Balaban J connectivity index is 2.65. The summed E-state index contributed by atoms with van der Waals surface area (Å²) in [6, 6.07) is 1.98. The van der Waals surface area contributed by atoms with E-state index >= 15 is 0 Å². The van der Waals surface area contributed by atoms with E-state index in [2.05, 4.69) is 0 Å². The lowest BCUT2D eigenvalue weighted by Crippen LogP contribution is -2.13. The van der Waals surface area contributed by atoms with Crippen LogP contribution in [-0.4, -0.2) is 5.91 Å². The first-order valence-electron chi connectivity index (χ1n) is 3.65. The maximum Gasteiger partial charge on any atom is 0.257 e. The third kappa shape index (κ3) is 2.73. The molecular formula is C9H8N2OS. The fraction of sp³-hybridized carbons (Fsp3) is 0.111. The third-order valence-corrected chi connectivity index (χ3v) is 2.45. The minimum Gasteiger partial charge on any atom is -0.269 e. The van der Waals surface area contributed by atoms with Gasteiger partial charge in [0.05, 0.1) is 0 Å². The van der Waals surface area contributed by atoms with Crippen LogP contribution in [0.5, 0.6) is 0 Å². The van der Waals surface area contributed by atoms with Gasteiger partial charge in [-0.25, -0.2) is 0 Å². The Hall–Kier alpha value is -1.60. The highest BCUT2D eigenvalue weighted by Crippen LogP contribution is 2.16. The number of amides is 1. The lowest BCUT2D eigenvalue weighted by molar-refractivity contribution is -0.115. The van der Waals surface area contributed by atoms with Crippen molar-refractivity contribution >= 4 is 23.3 Å². The van der Waals surface area contributed by atoms with Crippen LogP contribution in [0.2, 0.25) is 0 Å². The van der Waals surface area contributed by atoms with Gasteiger partial charge in [0.2, 0.25) is 0 Å². The van der Waals surface area contributed by atoms with E-state index in [9.17, 15) is 4.79 Å². The molecule has 1 amide bonds. The average molecular weight is 192 g/mol. The lowest BCUT2D eigenvalue weighted by atomic mass is 10.3. The largest absolute Gasteiger partial charge is 0.269 e. The van der Waals surface area contributed by atoms with E-state index in [1.54, 1.807) is 23.6 Å². The van der Waals surface area contributed by atoms with Crippen LogP contribution in [0.1, 0.15) is 10.4 Å². The van der Waals surface area contributed by atoms with Crippen LogP contribution in [0, 0.1) is 18.4 Å². The van der Waals surface area contributed by atoms with Crippen molar-refractivity contribution < 1.29 is 4.79 Å². The monoisotopic (exact) mass is 192 g/mol. The van der Waals surface area contributed by atoms with Crippen LogP contribution in [0.4, 0.5) is 0 Å². The average Bonchev–Trinajstić information content (AvgIpc) is 2.48. The molecule has 0 atom stereocenters. The van der Waals surface area contributed by atoms with Gasteiger partial charge in [-0.15, -0.1) is 11.3 Å². The van der Waals surface area contributed by atoms with Crippen LogP contribution in [0.25, 0.3) is 6.08 Å². The molecule has 1 aromatic heterocycles. The molecule has 0 aliphatic carbocycles. The summed E-state index contributed by atoms with van der Waals surface area (Å²) in [5.74, 6) is -0.393. The summed E-state index contributed by atoms with van der Waals surface area (Å²) in [5, 5.41) is 12.1. The molecule has 0 saturated heterocycles. The number of aryl methyl sites for hydroxylation is 1. The molecule has 4 heteroatoms. The van der Waals surface area contributed by atoms with Gasteiger partial charge in [0.15, 0.2) is 6.19 Å². The fourth-order valence-electron chi connectivity index (χ4n) is 0.803. The number of hydrogen-bond donors (Lipinski definition) is 1. The SMILES string of the molecule is Cc1ccsc1C=CC(=O)NC#N. The number of nitrogens with zero attached hydrogens (tertiary/aromatic N) is 1. The molecule has 0 aliphatic heterocycles. The van der Waals surface area contributed by atoms with E-state index in [-0.39, 0.29) is 0 Å². The summed E-state index contributed by atoms with van der Waals surface area (Å²) in [6.45, 7) is 1.97. The van der Waals surface area contributed by atoms with Gasteiger partial charge in [-0.05, 0) is 30.0 Å². The fourth-order valence-corrected chi connectivity index (χ4v) is 1.62. The van der Waals surface area contributed by atoms with E-state index < -0.39 is 5.91 Å². The molecule has 1 N–H and O–H groups in total. The zero-order valence-corrected chi connectivity index (χ0v) is 7.89. The number of nitrogens with one attached hydrogen (secondary N) is 1. The topological polar surface area (TPSA) is 52.9 Å². The molecule has 13 heavy (non-hydrogen) atoms. The molecule has 0 fully saturated rings. The van der Waals surface area contributed by atoms with Gasteiger partial charge >= 0.3 is 0 Å². The molecule has 0 aromatic carbocycles. The van der Waals surface area contributed by atoms with Crippen molar-refractivity contribution in [2.75, 3.05) is 0 Å². The zero-order chi connectivity index (χ0) is 9.68. The van der Waals surface area contributed by atoms with Crippen molar-refractivity contribution in [3.63, 3.8) is 0 Å². The number of carbonyl (C=O) groups is 1. The number of rotatable bonds is 2. The second kappa shape index (κ2) is 4.43. The minimum atomic E-state index is -0.393. The Morgan fingerprint density at radius 1 is 1.77 bits per heavy atom. The van der Waals surface area contributed by atoms with Gasteiger partial charge in [-0.2, -0.15) is 5.26 Å². The Morgan fingerprint density at radius 2 is 2.54 bits per heavy atom. The summed E-state index contributed by atoms with van der Waals surface area (Å²) < 4.78 is 0. The molecule has 1 rings (SSSR count).